The molecule has 1 fully saturated rings. The summed E-state index contributed by atoms with van der Waals surface area (Å²) in [4.78, 5) is 22.0. The summed E-state index contributed by atoms with van der Waals surface area (Å²) in [6, 6.07) is 7.18. The van der Waals surface area contributed by atoms with Crippen molar-refractivity contribution < 1.29 is 14.7 Å². The van der Waals surface area contributed by atoms with Gasteiger partial charge in [0.2, 0.25) is 5.91 Å². The number of benzene rings is 1. The number of nitrogens with zero attached hydrogens (tertiary/aromatic N) is 2. The molecule has 1 aromatic rings. The third-order valence-corrected chi connectivity index (χ3v) is 4.08. The fourth-order valence-electron chi connectivity index (χ4n) is 1.67. The van der Waals surface area contributed by atoms with Crippen LogP contribution in [0, 0.1) is 0 Å². The molecule has 1 saturated heterocycles. The average Bonchev–Trinajstić information content (AvgIpc) is 2.76. The number of rotatable bonds is 4. The molecular formula is C13H11ClN3O3S-. The predicted octanol–water partition coefficient (Wildman–Crippen LogP) is 0.792. The number of carbonyl (C=O) groups excluding carboxylic acids is 2. The van der Waals surface area contributed by atoms with Crippen LogP contribution in [-0.4, -0.2) is 28.0 Å². The summed E-state index contributed by atoms with van der Waals surface area (Å²) in [7, 11) is 0. The van der Waals surface area contributed by atoms with Crippen molar-refractivity contribution in [3.8, 4) is 0 Å². The minimum Gasteiger partial charge on any atom is -0.550 e. The van der Waals surface area contributed by atoms with E-state index in [1.807, 2.05) is 12.1 Å². The number of carboxylic acids is 1. The van der Waals surface area contributed by atoms with Crippen molar-refractivity contribution in [1.82, 2.24) is 5.32 Å². The van der Waals surface area contributed by atoms with Crippen molar-refractivity contribution in [2.75, 3.05) is 0 Å². The molecule has 0 saturated carbocycles. The second kappa shape index (κ2) is 6.73. The molecule has 0 radical (unpaired) electrons. The van der Waals surface area contributed by atoms with Crippen LogP contribution in [0.5, 0.6) is 0 Å². The van der Waals surface area contributed by atoms with E-state index in [1.54, 1.807) is 19.1 Å². The maximum Gasteiger partial charge on any atom is 0.239 e. The monoisotopic (exact) mass is 324 g/mol. The molecule has 0 bridgehead atoms. The number of carbonyl (C=O) groups is 2. The highest BCUT2D eigenvalue weighted by Gasteiger charge is 2.30. The van der Waals surface area contributed by atoms with Gasteiger partial charge in [0.15, 0.2) is 5.17 Å². The lowest BCUT2D eigenvalue weighted by Crippen LogP contribution is -2.31. The molecule has 110 valence electrons. The number of amidine groups is 1. The summed E-state index contributed by atoms with van der Waals surface area (Å²) in [5, 5.41) is 21.0. The number of thioether (sulfide) groups is 1. The Morgan fingerprint density at radius 2 is 2.19 bits per heavy atom. The van der Waals surface area contributed by atoms with Crippen LogP contribution in [0.25, 0.3) is 0 Å². The number of nitrogens with one attached hydrogen (secondary N) is 1. The lowest BCUT2D eigenvalue weighted by molar-refractivity contribution is -0.305. The largest absolute Gasteiger partial charge is 0.550 e. The van der Waals surface area contributed by atoms with E-state index < -0.39 is 17.1 Å². The highest BCUT2D eigenvalue weighted by molar-refractivity contribution is 8.15. The molecule has 0 aromatic heterocycles. The van der Waals surface area contributed by atoms with Gasteiger partial charge in [0.25, 0.3) is 0 Å². The van der Waals surface area contributed by atoms with Crippen LogP contribution in [0.3, 0.4) is 0 Å². The Hall–Kier alpha value is -1.86. The number of amides is 1. The zero-order valence-electron chi connectivity index (χ0n) is 11.0. The Labute approximate surface area is 130 Å². The van der Waals surface area contributed by atoms with Gasteiger partial charge in [0.1, 0.15) is 0 Å². The number of hydrogen-bond donors (Lipinski definition) is 1. The van der Waals surface area contributed by atoms with E-state index in [-0.39, 0.29) is 11.6 Å². The summed E-state index contributed by atoms with van der Waals surface area (Å²) in [6.07, 6.45) is -0.358. The second-order valence-corrected chi connectivity index (χ2v) is 5.84. The van der Waals surface area contributed by atoms with Gasteiger partial charge < -0.3 is 15.2 Å². The summed E-state index contributed by atoms with van der Waals surface area (Å²) < 4.78 is 0. The molecule has 1 atom stereocenters. The molecule has 1 aliphatic rings. The molecule has 6 nitrogen and oxygen atoms in total. The fraction of sp³-hybridized carbons (Fsp3) is 0.231. The topological polar surface area (TPSA) is 94.0 Å². The Morgan fingerprint density at radius 3 is 2.86 bits per heavy atom. The number of halogens is 1. The van der Waals surface area contributed by atoms with Crippen LogP contribution < -0.4 is 10.4 Å². The lowest BCUT2D eigenvalue weighted by atomic mass is 10.1. The highest BCUT2D eigenvalue weighted by Crippen LogP contribution is 2.22. The van der Waals surface area contributed by atoms with Crippen LogP contribution >= 0.6 is 23.4 Å². The third kappa shape index (κ3) is 4.05. The van der Waals surface area contributed by atoms with Crippen molar-refractivity contribution in [2.45, 2.75) is 18.6 Å². The highest BCUT2D eigenvalue weighted by atomic mass is 35.5. The third-order valence-electron chi connectivity index (χ3n) is 2.68. The Morgan fingerprint density at radius 1 is 1.48 bits per heavy atom. The molecule has 8 heteroatoms. The van der Waals surface area contributed by atoms with E-state index in [0.717, 1.165) is 17.3 Å². The van der Waals surface area contributed by atoms with E-state index in [1.165, 1.54) is 0 Å². The average molecular weight is 325 g/mol. The van der Waals surface area contributed by atoms with E-state index in [0.29, 0.717) is 10.7 Å². The van der Waals surface area contributed by atoms with Gasteiger partial charge in [-0.05, 0) is 13.0 Å². The van der Waals surface area contributed by atoms with Gasteiger partial charge in [0, 0.05) is 23.0 Å². The van der Waals surface area contributed by atoms with E-state index in [9.17, 15) is 14.7 Å². The van der Waals surface area contributed by atoms with E-state index in [2.05, 4.69) is 15.5 Å². The quantitative estimate of drug-likeness (QED) is 0.654. The Kier molecular flexibility index (Phi) is 4.98. The summed E-state index contributed by atoms with van der Waals surface area (Å²) >= 11 is 7.06. The minimum atomic E-state index is -1.28. The Balaban J connectivity index is 2.11. The summed E-state index contributed by atoms with van der Waals surface area (Å²) in [5.41, 5.74) is 1.33. The molecule has 2 rings (SSSR count). The molecule has 1 amide bonds. The maximum atomic E-state index is 11.5. The lowest BCUT2D eigenvalue weighted by Gasteiger charge is -2.04. The van der Waals surface area contributed by atoms with Crippen LogP contribution in [-0.2, 0) is 9.59 Å². The van der Waals surface area contributed by atoms with Gasteiger partial charge in [-0.3, -0.25) is 4.79 Å². The van der Waals surface area contributed by atoms with Crippen LogP contribution in [0.4, 0.5) is 0 Å². The molecule has 1 aliphatic heterocycles. The first-order valence-electron chi connectivity index (χ1n) is 6.02. The van der Waals surface area contributed by atoms with Crippen molar-refractivity contribution in [3.05, 3.63) is 34.9 Å². The van der Waals surface area contributed by atoms with Crippen LogP contribution in [0.2, 0.25) is 5.02 Å². The van der Waals surface area contributed by atoms with Gasteiger partial charge in [-0.2, -0.15) is 5.10 Å². The Bertz CT molecular complexity index is 645. The van der Waals surface area contributed by atoms with Crippen LogP contribution in [0.15, 0.2) is 34.5 Å². The number of aliphatic carboxylic acids is 1. The molecular weight excluding hydrogens is 314 g/mol. The van der Waals surface area contributed by atoms with Gasteiger partial charge in [-0.25, -0.2) is 0 Å². The fourth-order valence-corrected chi connectivity index (χ4v) is 2.84. The van der Waals surface area contributed by atoms with Crippen molar-refractivity contribution in [3.63, 3.8) is 0 Å². The maximum absolute atomic E-state index is 11.5. The number of carboxylic acid groups (broad SMARTS) is 1. The molecule has 1 N–H and O–H groups in total. The molecule has 1 heterocycles. The molecule has 21 heavy (non-hydrogen) atoms. The first-order valence-corrected chi connectivity index (χ1v) is 7.27. The zero-order valence-corrected chi connectivity index (χ0v) is 12.6. The van der Waals surface area contributed by atoms with Crippen molar-refractivity contribution in [1.29, 1.82) is 0 Å². The molecule has 0 spiro atoms. The van der Waals surface area contributed by atoms with Gasteiger partial charge in [0.05, 0.1) is 11.0 Å². The zero-order chi connectivity index (χ0) is 15.4. The SMILES string of the molecule is C/C(=N/N=C1\NC(=O)[C@@H](CC(=O)[O-])S1)c1ccccc1Cl. The molecule has 0 aliphatic carbocycles. The van der Waals surface area contributed by atoms with Crippen molar-refractivity contribution in [2.24, 2.45) is 10.2 Å². The normalized spacial score (nSPS) is 20.7. The standard InChI is InChI=1S/C13H12ClN3O3S/c1-7(8-4-2-3-5-9(8)14)16-17-13-15-12(20)10(21-13)6-11(18)19/h2-5,10H,6H2,1H3,(H,18,19)(H,15,17,20)/p-1/b16-7-/t10-/m1/s1. The summed E-state index contributed by atoms with van der Waals surface area (Å²) in [5.74, 6) is -1.69. The smallest absolute Gasteiger partial charge is 0.239 e. The molecule has 0 unspecified atom stereocenters. The number of hydrogen-bond acceptors (Lipinski definition) is 6. The van der Waals surface area contributed by atoms with Crippen LogP contribution in [0.1, 0.15) is 18.9 Å². The predicted molar refractivity (Wildman–Crippen MR) is 80.2 cm³/mol. The van der Waals surface area contributed by atoms with Gasteiger partial charge >= 0.3 is 0 Å². The van der Waals surface area contributed by atoms with Gasteiger partial charge in [-0.15, -0.1) is 5.10 Å². The first kappa shape index (κ1) is 15.5. The summed E-state index contributed by atoms with van der Waals surface area (Å²) in [6.45, 7) is 1.74. The van der Waals surface area contributed by atoms with Gasteiger partial charge in [-0.1, -0.05) is 41.6 Å². The minimum absolute atomic E-state index is 0.262. The van der Waals surface area contributed by atoms with E-state index >= 15 is 0 Å². The van der Waals surface area contributed by atoms with E-state index in [4.69, 9.17) is 11.6 Å². The van der Waals surface area contributed by atoms with Crippen molar-refractivity contribution >= 4 is 46.1 Å². The molecule has 1 aromatic carbocycles. The first-order chi connectivity index (χ1) is 9.97. The second-order valence-electron chi connectivity index (χ2n) is 4.24.